The molecule has 2 aromatic heterocycles. The van der Waals surface area contributed by atoms with Gasteiger partial charge in [0.25, 0.3) is 0 Å². The zero-order valence-electron chi connectivity index (χ0n) is 16.1. The second-order valence-electron chi connectivity index (χ2n) is 7.73. The van der Waals surface area contributed by atoms with Crippen molar-refractivity contribution in [3.63, 3.8) is 0 Å². The Morgan fingerprint density at radius 2 is 1.71 bits per heavy atom. The van der Waals surface area contributed by atoms with Crippen LogP contribution in [0.3, 0.4) is 0 Å². The number of nitrogen functional groups attached to an aromatic ring is 2. The van der Waals surface area contributed by atoms with E-state index in [0.717, 1.165) is 33.1 Å². The molecule has 4 aromatic rings. The highest BCUT2D eigenvalue weighted by molar-refractivity contribution is 6.83. The maximum Gasteiger partial charge on any atom is 0.222 e. The molecular formula is C21H22N6Si. The number of aromatic nitrogens is 3. The number of benzene rings is 2. The molecule has 0 spiro atoms. The molecule has 0 fully saturated rings. The third kappa shape index (κ3) is 3.50. The molecule has 0 atom stereocenters. The van der Waals surface area contributed by atoms with Crippen LogP contribution in [0.4, 0.5) is 17.5 Å². The number of fused-ring (bicyclic) bond motifs is 3. The van der Waals surface area contributed by atoms with E-state index in [0.29, 0.717) is 5.82 Å². The van der Waals surface area contributed by atoms with Gasteiger partial charge in [-0.3, -0.25) is 10.1 Å². The van der Waals surface area contributed by atoms with Crippen LogP contribution >= 0.6 is 0 Å². The molecule has 2 heterocycles. The number of nitrogens with two attached hydrogens (primary N) is 2. The molecule has 0 amide bonds. The molecule has 0 radical (unpaired) electrons. The number of hydrogen-bond acceptors (Lipinski definition) is 5. The fourth-order valence-electron chi connectivity index (χ4n) is 3.02. The topological polar surface area (TPSA) is 94.8 Å². The lowest BCUT2D eigenvalue weighted by molar-refractivity contribution is 1.01. The van der Waals surface area contributed by atoms with Gasteiger partial charge in [0.1, 0.15) is 13.9 Å². The van der Waals surface area contributed by atoms with E-state index in [9.17, 15) is 0 Å². The van der Waals surface area contributed by atoms with Gasteiger partial charge in [0, 0.05) is 17.1 Å². The molecule has 0 saturated heterocycles. The lowest BCUT2D eigenvalue weighted by Gasteiger charge is -2.10. The highest BCUT2D eigenvalue weighted by Gasteiger charge is 2.11. The number of rotatable bonds is 2. The summed E-state index contributed by atoms with van der Waals surface area (Å²) in [4.78, 5) is 8.37. The molecule has 2 aromatic carbocycles. The SMILES string of the molecule is C[Si](C)(C)C#Cc1ccc(Nn2ccc3c4c(N)nc(N)nc4ccc32)cc1. The van der Waals surface area contributed by atoms with Gasteiger partial charge in [-0.2, -0.15) is 4.98 Å². The van der Waals surface area contributed by atoms with Crippen LogP contribution in [-0.4, -0.2) is 22.7 Å². The van der Waals surface area contributed by atoms with Crippen LogP contribution in [0.5, 0.6) is 0 Å². The zero-order chi connectivity index (χ0) is 19.9. The van der Waals surface area contributed by atoms with E-state index in [4.69, 9.17) is 11.5 Å². The third-order valence-electron chi connectivity index (χ3n) is 4.29. The van der Waals surface area contributed by atoms with Gasteiger partial charge in [0.05, 0.1) is 22.1 Å². The van der Waals surface area contributed by atoms with Crippen molar-refractivity contribution >= 4 is 47.3 Å². The quantitative estimate of drug-likeness (QED) is 0.359. The Kier molecular flexibility index (Phi) is 4.21. The summed E-state index contributed by atoms with van der Waals surface area (Å²) in [6.45, 7) is 6.72. The Morgan fingerprint density at radius 3 is 2.43 bits per heavy atom. The summed E-state index contributed by atoms with van der Waals surface area (Å²) in [5.41, 5.74) is 22.3. The van der Waals surface area contributed by atoms with E-state index < -0.39 is 8.07 Å². The Balaban J connectivity index is 1.67. The fourth-order valence-corrected chi connectivity index (χ4v) is 3.54. The van der Waals surface area contributed by atoms with Gasteiger partial charge in [-0.25, -0.2) is 4.98 Å². The molecule has 7 heteroatoms. The van der Waals surface area contributed by atoms with E-state index in [2.05, 4.69) is 46.5 Å². The first-order valence-electron chi connectivity index (χ1n) is 9.03. The lowest BCUT2D eigenvalue weighted by atomic mass is 10.1. The summed E-state index contributed by atoms with van der Waals surface area (Å²) in [7, 11) is -1.38. The smallest absolute Gasteiger partial charge is 0.222 e. The number of nitrogens with one attached hydrogen (secondary N) is 1. The molecule has 5 N–H and O–H groups in total. The van der Waals surface area contributed by atoms with Crippen molar-refractivity contribution in [3.8, 4) is 11.5 Å². The summed E-state index contributed by atoms with van der Waals surface area (Å²) in [5, 5.41) is 1.78. The number of anilines is 3. The van der Waals surface area contributed by atoms with Crippen LogP contribution in [0.25, 0.3) is 21.8 Å². The highest BCUT2D eigenvalue weighted by atomic mass is 28.3. The Bertz CT molecular complexity index is 1240. The first-order chi connectivity index (χ1) is 13.3. The van der Waals surface area contributed by atoms with Crippen LogP contribution in [0.2, 0.25) is 19.6 Å². The molecule has 0 bridgehead atoms. The summed E-state index contributed by atoms with van der Waals surface area (Å²) in [5.74, 6) is 3.84. The summed E-state index contributed by atoms with van der Waals surface area (Å²) < 4.78 is 1.95. The van der Waals surface area contributed by atoms with Crippen LogP contribution in [-0.2, 0) is 0 Å². The minimum Gasteiger partial charge on any atom is -0.383 e. The molecule has 0 saturated carbocycles. The van der Waals surface area contributed by atoms with Crippen molar-refractivity contribution in [1.29, 1.82) is 0 Å². The van der Waals surface area contributed by atoms with E-state index in [-0.39, 0.29) is 5.95 Å². The standard InChI is InChI=1S/C21H22N6Si/c1-28(2,3)13-11-14-4-6-15(7-5-14)26-27-12-10-16-18(27)9-8-17-19(16)20(22)25-21(23)24-17/h4-10,12,26H,1-3H3,(H4,22,23,24,25). The number of hydrogen-bond donors (Lipinski definition) is 3. The fraction of sp³-hybridized carbons (Fsp3) is 0.143. The maximum absolute atomic E-state index is 6.09. The predicted molar refractivity (Wildman–Crippen MR) is 120 cm³/mol. The average Bonchev–Trinajstić information content (AvgIpc) is 3.03. The van der Waals surface area contributed by atoms with Crippen molar-refractivity contribution in [2.24, 2.45) is 0 Å². The minimum absolute atomic E-state index is 0.180. The first-order valence-corrected chi connectivity index (χ1v) is 12.5. The first kappa shape index (κ1) is 17.9. The Labute approximate surface area is 164 Å². The predicted octanol–water partition coefficient (Wildman–Crippen LogP) is 3.85. The van der Waals surface area contributed by atoms with Gasteiger partial charge in [-0.15, -0.1) is 5.54 Å². The molecule has 0 unspecified atom stereocenters. The van der Waals surface area contributed by atoms with Gasteiger partial charge in [0.15, 0.2) is 0 Å². The third-order valence-corrected chi connectivity index (χ3v) is 5.17. The van der Waals surface area contributed by atoms with Crippen LogP contribution < -0.4 is 16.9 Å². The van der Waals surface area contributed by atoms with E-state index >= 15 is 0 Å². The van der Waals surface area contributed by atoms with Crippen molar-refractivity contribution in [3.05, 3.63) is 54.2 Å². The average molecular weight is 387 g/mol. The molecule has 28 heavy (non-hydrogen) atoms. The second kappa shape index (κ2) is 6.58. The molecule has 6 nitrogen and oxygen atoms in total. The van der Waals surface area contributed by atoms with E-state index in [1.54, 1.807) is 0 Å². The van der Waals surface area contributed by atoms with Gasteiger partial charge >= 0.3 is 0 Å². The summed E-state index contributed by atoms with van der Waals surface area (Å²) in [6.07, 6.45) is 1.96. The molecule has 140 valence electrons. The van der Waals surface area contributed by atoms with Gasteiger partial charge < -0.3 is 11.5 Å². The van der Waals surface area contributed by atoms with Crippen LogP contribution in [0, 0.1) is 11.5 Å². The van der Waals surface area contributed by atoms with Crippen molar-refractivity contribution in [2.45, 2.75) is 19.6 Å². The molecule has 0 aliphatic heterocycles. The minimum atomic E-state index is -1.38. The highest BCUT2D eigenvalue weighted by Crippen LogP contribution is 2.29. The van der Waals surface area contributed by atoms with Gasteiger partial charge in [-0.05, 0) is 42.5 Å². The zero-order valence-corrected chi connectivity index (χ0v) is 17.1. The van der Waals surface area contributed by atoms with Crippen molar-refractivity contribution < 1.29 is 0 Å². The normalized spacial score (nSPS) is 11.4. The summed E-state index contributed by atoms with van der Waals surface area (Å²) >= 11 is 0. The van der Waals surface area contributed by atoms with Crippen molar-refractivity contribution in [2.75, 3.05) is 16.9 Å². The van der Waals surface area contributed by atoms with Crippen LogP contribution in [0.1, 0.15) is 5.56 Å². The van der Waals surface area contributed by atoms with Gasteiger partial charge in [-0.1, -0.05) is 25.6 Å². The Morgan fingerprint density at radius 1 is 0.964 bits per heavy atom. The lowest BCUT2D eigenvalue weighted by Crippen LogP contribution is -2.16. The molecule has 4 rings (SSSR count). The van der Waals surface area contributed by atoms with Crippen molar-refractivity contribution in [1.82, 2.24) is 14.6 Å². The van der Waals surface area contributed by atoms with E-state index in [1.807, 2.05) is 53.3 Å². The molecular weight excluding hydrogens is 364 g/mol. The second-order valence-corrected chi connectivity index (χ2v) is 12.5. The number of nitrogens with zero attached hydrogens (tertiary/aromatic N) is 3. The van der Waals surface area contributed by atoms with Gasteiger partial charge in [0.2, 0.25) is 5.95 Å². The largest absolute Gasteiger partial charge is 0.383 e. The molecule has 0 aliphatic rings. The van der Waals surface area contributed by atoms with E-state index in [1.165, 1.54) is 0 Å². The monoisotopic (exact) mass is 386 g/mol. The maximum atomic E-state index is 6.09. The Hall–Kier alpha value is -3.50. The van der Waals surface area contributed by atoms with Crippen LogP contribution in [0.15, 0.2) is 48.7 Å². The summed E-state index contributed by atoms with van der Waals surface area (Å²) in [6, 6.07) is 14.0. The molecule has 0 aliphatic carbocycles.